The topological polar surface area (TPSA) is 90.4 Å². The SMILES string of the molecule is CCN(CC)C(=O)CN(C)C(=O)N1CCOCC1C(=O)O. The van der Waals surface area contributed by atoms with Crippen LogP contribution in [0.4, 0.5) is 4.79 Å². The first kappa shape index (κ1) is 17.2. The van der Waals surface area contributed by atoms with E-state index >= 15 is 0 Å². The summed E-state index contributed by atoms with van der Waals surface area (Å²) < 4.78 is 5.09. The summed E-state index contributed by atoms with van der Waals surface area (Å²) in [4.78, 5) is 39.6. The van der Waals surface area contributed by atoms with Crippen LogP contribution in [0.15, 0.2) is 0 Å². The second kappa shape index (κ2) is 7.82. The highest BCUT2D eigenvalue weighted by Gasteiger charge is 2.34. The highest BCUT2D eigenvalue weighted by atomic mass is 16.5. The summed E-state index contributed by atoms with van der Waals surface area (Å²) in [6.45, 7) is 5.30. The Labute approximate surface area is 124 Å². The van der Waals surface area contributed by atoms with Gasteiger partial charge in [-0.3, -0.25) is 4.79 Å². The summed E-state index contributed by atoms with van der Waals surface area (Å²) in [5.74, 6) is -1.26. The lowest BCUT2D eigenvalue weighted by atomic mass is 10.2. The molecule has 1 unspecified atom stereocenters. The zero-order valence-electron chi connectivity index (χ0n) is 12.7. The minimum absolute atomic E-state index is 0.0289. The van der Waals surface area contributed by atoms with Crippen molar-refractivity contribution in [1.82, 2.24) is 14.7 Å². The van der Waals surface area contributed by atoms with Crippen molar-refractivity contribution in [3.8, 4) is 0 Å². The fourth-order valence-corrected chi connectivity index (χ4v) is 2.20. The first-order valence-electron chi connectivity index (χ1n) is 7.02. The number of carbonyl (C=O) groups is 3. The molecule has 0 radical (unpaired) electrons. The van der Waals surface area contributed by atoms with Crippen molar-refractivity contribution in [2.24, 2.45) is 0 Å². The van der Waals surface area contributed by atoms with E-state index in [1.165, 1.54) is 16.8 Å². The Morgan fingerprint density at radius 1 is 1.29 bits per heavy atom. The maximum Gasteiger partial charge on any atom is 0.328 e. The lowest BCUT2D eigenvalue weighted by Crippen LogP contribution is -2.57. The maximum absolute atomic E-state index is 12.3. The monoisotopic (exact) mass is 301 g/mol. The van der Waals surface area contributed by atoms with E-state index in [2.05, 4.69) is 0 Å². The van der Waals surface area contributed by atoms with Gasteiger partial charge >= 0.3 is 12.0 Å². The molecule has 1 saturated heterocycles. The van der Waals surface area contributed by atoms with Gasteiger partial charge in [0.25, 0.3) is 0 Å². The van der Waals surface area contributed by atoms with Crippen LogP contribution >= 0.6 is 0 Å². The first-order valence-corrected chi connectivity index (χ1v) is 7.02. The summed E-state index contributed by atoms with van der Waals surface area (Å²) in [7, 11) is 1.50. The molecule has 8 heteroatoms. The third-order valence-corrected chi connectivity index (χ3v) is 3.47. The number of aliphatic carboxylic acids is 1. The molecule has 8 nitrogen and oxygen atoms in total. The van der Waals surface area contributed by atoms with Gasteiger partial charge in [0.15, 0.2) is 6.04 Å². The van der Waals surface area contributed by atoms with Gasteiger partial charge in [-0.1, -0.05) is 0 Å². The highest BCUT2D eigenvalue weighted by Crippen LogP contribution is 2.10. The summed E-state index contributed by atoms with van der Waals surface area (Å²) >= 11 is 0. The van der Waals surface area contributed by atoms with Gasteiger partial charge in [0.05, 0.1) is 13.2 Å². The van der Waals surface area contributed by atoms with Gasteiger partial charge in [-0.15, -0.1) is 0 Å². The summed E-state index contributed by atoms with van der Waals surface area (Å²) in [5.41, 5.74) is 0. The molecule has 1 aliphatic rings. The van der Waals surface area contributed by atoms with E-state index in [-0.39, 0.29) is 25.6 Å². The zero-order chi connectivity index (χ0) is 16.0. The Hall–Kier alpha value is -1.83. The minimum Gasteiger partial charge on any atom is -0.480 e. The molecule has 0 aromatic carbocycles. The standard InChI is InChI=1S/C13H23N3O5/c1-4-15(5-2)11(17)8-14(3)13(20)16-6-7-21-9-10(16)12(18)19/h10H,4-9H2,1-3H3,(H,18,19). The van der Waals surface area contributed by atoms with E-state index in [9.17, 15) is 14.4 Å². The molecule has 3 amide bonds. The summed E-state index contributed by atoms with van der Waals surface area (Å²) in [6.07, 6.45) is 0. The van der Waals surface area contributed by atoms with Gasteiger partial charge in [0, 0.05) is 26.7 Å². The lowest BCUT2D eigenvalue weighted by Gasteiger charge is -2.35. The molecule has 21 heavy (non-hydrogen) atoms. The number of likely N-dealkylation sites (N-methyl/N-ethyl adjacent to an activating group) is 2. The van der Waals surface area contributed by atoms with E-state index < -0.39 is 18.0 Å². The number of amides is 3. The number of hydrogen-bond donors (Lipinski definition) is 1. The van der Waals surface area contributed by atoms with E-state index in [4.69, 9.17) is 9.84 Å². The number of nitrogens with zero attached hydrogens (tertiary/aromatic N) is 3. The molecule has 0 saturated carbocycles. The van der Waals surface area contributed by atoms with Crippen LogP contribution in [0, 0.1) is 0 Å². The Morgan fingerprint density at radius 2 is 1.90 bits per heavy atom. The van der Waals surface area contributed by atoms with Crippen LogP contribution in [-0.4, -0.2) is 90.2 Å². The zero-order valence-corrected chi connectivity index (χ0v) is 12.7. The number of carboxylic acid groups (broad SMARTS) is 1. The first-order chi connectivity index (χ1) is 9.92. The number of hydrogen-bond acceptors (Lipinski definition) is 4. The quantitative estimate of drug-likeness (QED) is 0.752. The Balaban J connectivity index is 2.68. The van der Waals surface area contributed by atoms with Gasteiger partial charge in [-0.05, 0) is 13.8 Å². The molecule has 120 valence electrons. The molecule has 1 rings (SSSR count). The van der Waals surface area contributed by atoms with Crippen LogP contribution in [0.25, 0.3) is 0 Å². The fourth-order valence-electron chi connectivity index (χ4n) is 2.20. The molecule has 1 aliphatic heterocycles. The molecular formula is C13H23N3O5. The molecule has 0 bridgehead atoms. The van der Waals surface area contributed by atoms with E-state index in [0.29, 0.717) is 19.7 Å². The Bertz CT molecular complexity index is 397. The van der Waals surface area contributed by atoms with Crippen LogP contribution < -0.4 is 0 Å². The average molecular weight is 301 g/mol. The van der Waals surface area contributed by atoms with Gasteiger partial charge < -0.3 is 24.5 Å². The predicted octanol–water partition coefficient (Wildman–Crippen LogP) is -0.308. The van der Waals surface area contributed by atoms with Crippen molar-refractivity contribution in [1.29, 1.82) is 0 Å². The summed E-state index contributed by atoms with van der Waals surface area (Å²) in [6, 6.07) is -1.47. The number of urea groups is 1. The van der Waals surface area contributed by atoms with Gasteiger partial charge in [0.2, 0.25) is 5.91 Å². The molecule has 0 aromatic rings. The van der Waals surface area contributed by atoms with Crippen LogP contribution in [0.3, 0.4) is 0 Å². The Kier molecular flexibility index (Phi) is 6.41. The van der Waals surface area contributed by atoms with Crippen LogP contribution in [0.5, 0.6) is 0 Å². The second-order valence-corrected chi connectivity index (χ2v) is 4.83. The number of rotatable bonds is 5. The molecular weight excluding hydrogens is 278 g/mol. The van der Waals surface area contributed by atoms with Crippen LogP contribution in [0.2, 0.25) is 0 Å². The molecule has 1 N–H and O–H groups in total. The van der Waals surface area contributed by atoms with Crippen molar-refractivity contribution < 1.29 is 24.2 Å². The van der Waals surface area contributed by atoms with Crippen molar-refractivity contribution in [3.63, 3.8) is 0 Å². The Morgan fingerprint density at radius 3 is 2.43 bits per heavy atom. The summed E-state index contributed by atoms with van der Waals surface area (Å²) in [5, 5.41) is 9.12. The van der Waals surface area contributed by atoms with Crippen molar-refractivity contribution in [2.45, 2.75) is 19.9 Å². The fraction of sp³-hybridized carbons (Fsp3) is 0.769. The number of carboxylic acids is 1. The minimum atomic E-state index is -1.11. The maximum atomic E-state index is 12.3. The average Bonchev–Trinajstić information content (AvgIpc) is 2.47. The normalized spacial score (nSPS) is 18.2. The van der Waals surface area contributed by atoms with Crippen molar-refractivity contribution in [3.05, 3.63) is 0 Å². The molecule has 1 heterocycles. The molecule has 1 atom stereocenters. The third kappa shape index (κ3) is 4.32. The highest BCUT2D eigenvalue weighted by molar-refractivity contribution is 5.86. The van der Waals surface area contributed by atoms with Gasteiger partial charge in [-0.25, -0.2) is 9.59 Å². The predicted molar refractivity (Wildman–Crippen MR) is 74.9 cm³/mol. The van der Waals surface area contributed by atoms with Crippen LogP contribution in [-0.2, 0) is 14.3 Å². The van der Waals surface area contributed by atoms with E-state index in [0.717, 1.165) is 0 Å². The second-order valence-electron chi connectivity index (χ2n) is 4.83. The van der Waals surface area contributed by atoms with Gasteiger partial charge in [0.1, 0.15) is 6.54 Å². The van der Waals surface area contributed by atoms with Gasteiger partial charge in [-0.2, -0.15) is 0 Å². The largest absolute Gasteiger partial charge is 0.480 e. The van der Waals surface area contributed by atoms with Crippen LogP contribution in [0.1, 0.15) is 13.8 Å². The van der Waals surface area contributed by atoms with Crippen molar-refractivity contribution >= 4 is 17.9 Å². The molecule has 1 fully saturated rings. The molecule has 0 aromatic heterocycles. The number of carbonyl (C=O) groups excluding carboxylic acids is 2. The van der Waals surface area contributed by atoms with Crippen molar-refractivity contribution in [2.75, 3.05) is 46.4 Å². The van der Waals surface area contributed by atoms with E-state index in [1.807, 2.05) is 13.8 Å². The number of morpholine rings is 1. The number of ether oxygens (including phenoxy) is 1. The molecule has 0 spiro atoms. The molecule has 0 aliphatic carbocycles. The lowest BCUT2D eigenvalue weighted by molar-refractivity contribution is -0.147. The third-order valence-electron chi connectivity index (χ3n) is 3.47. The van der Waals surface area contributed by atoms with E-state index in [1.54, 1.807) is 4.90 Å². The smallest absolute Gasteiger partial charge is 0.328 e.